The summed E-state index contributed by atoms with van der Waals surface area (Å²) in [5.74, 6) is -2.98. The van der Waals surface area contributed by atoms with Gasteiger partial charge in [-0.05, 0) is 38.0 Å². The molecule has 0 saturated carbocycles. The third-order valence-electron chi connectivity index (χ3n) is 3.79. The van der Waals surface area contributed by atoms with Crippen molar-refractivity contribution in [2.75, 3.05) is 13.1 Å². The maximum Gasteiger partial charge on any atom is 0.310 e. The quantitative estimate of drug-likeness (QED) is 0.921. The van der Waals surface area contributed by atoms with Crippen molar-refractivity contribution < 1.29 is 27.1 Å². The Labute approximate surface area is 121 Å². The summed E-state index contributed by atoms with van der Waals surface area (Å²) in [6, 6.07) is 1.45. The van der Waals surface area contributed by atoms with Gasteiger partial charge in [-0.1, -0.05) is 0 Å². The highest BCUT2D eigenvalue weighted by atomic mass is 32.2. The van der Waals surface area contributed by atoms with E-state index in [2.05, 4.69) is 0 Å². The third-order valence-corrected chi connectivity index (χ3v) is 5.65. The molecule has 0 aromatic heterocycles. The summed E-state index contributed by atoms with van der Waals surface area (Å²) < 4.78 is 52.9. The second-order valence-electron chi connectivity index (χ2n) is 5.49. The van der Waals surface area contributed by atoms with E-state index in [0.29, 0.717) is 6.07 Å². The Balaban J connectivity index is 2.41. The van der Waals surface area contributed by atoms with E-state index in [1.807, 2.05) is 0 Å². The summed E-state index contributed by atoms with van der Waals surface area (Å²) in [7, 11) is -4.26. The fourth-order valence-electron chi connectivity index (χ4n) is 2.26. The monoisotopic (exact) mass is 319 g/mol. The molecule has 5 nitrogen and oxygen atoms in total. The lowest BCUT2D eigenvalue weighted by Gasteiger charge is -2.20. The zero-order chi connectivity index (χ0) is 16.0. The van der Waals surface area contributed by atoms with E-state index >= 15 is 0 Å². The van der Waals surface area contributed by atoms with Gasteiger partial charge < -0.3 is 5.11 Å². The van der Waals surface area contributed by atoms with Crippen LogP contribution in [-0.4, -0.2) is 36.9 Å². The molecule has 1 aliphatic heterocycles. The number of aryl methyl sites for hydroxylation is 1. The van der Waals surface area contributed by atoms with Crippen molar-refractivity contribution in [2.45, 2.75) is 25.2 Å². The Bertz CT molecular complexity index is 704. The van der Waals surface area contributed by atoms with Gasteiger partial charge in [0, 0.05) is 13.1 Å². The average molecular weight is 319 g/mol. The molecule has 8 heteroatoms. The molecular formula is C13H15F2NO4S. The van der Waals surface area contributed by atoms with Crippen molar-refractivity contribution in [3.63, 3.8) is 0 Å². The van der Waals surface area contributed by atoms with Crippen molar-refractivity contribution in [2.24, 2.45) is 5.41 Å². The number of sulfonamides is 1. The summed E-state index contributed by atoms with van der Waals surface area (Å²) in [6.45, 7) is 2.45. The molecule has 0 bridgehead atoms. The van der Waals surface area contributed by atoms with Gasteiger partial charge in [0.1, 0.15) is 16.5 Å². The van der Waals surface area contributed by atoms with Crippen LogP contribution in [0.3, 0.4) is 0 Å². The smallest absolute Gasteiger partial charge is 0.310 e. The molecule has 1 heterocycles. The van der Waals surface area contributed by atoms with E-state index in [1.165, 1.54) is 13.8 Å². The number of carbonyl (C=O) groups is 1. The Kier molecular flexibility index (Phi) is 3.79. The lowest BCUT2D eigenvalue weighted by atomic mass is 9.90. The van der Waals surface area contributed by atoms with Crippen LogP contribution in [-0.2, 0) is 14.8 Å². The van der Waals surface area contributed by atoms with Gasteiger partial charge in [-0.2, -0.15) is 4.31 Å². The van der Waals surface area contributed by atoms with Gasteiger partial charge >= 0.3 is 5.97 Å². The number of halogens is 2. The molecule has 1 N–H and O–H groups in total. The molecule has 116 valence electrons. The summed E-state index contributed by atoms with van der Waals surface area (Å²) in [4.78, 5) is 10.4. The minimum Gasteiger partial charge on any atom is -0.481 e. The van der Waals surface area contributed by atoms with E-state index in [1.54, 1.807) is 0 Å². The summed E-state index contributed by atoms with van der Waals surface area (Å²) in [5.41, 5.74) is -1.21. The lowest BCUT2D eigenvalue weighted by molar-refractivity contribution is -0.146. The number of hydrogen-bond acceptors (Lipinski definition) is 3. The lowest BCUT2D eigenvalue weighted by Crippen LogP contribution is -2.35. The first-order valence-electron chi connectivity index (χ1n) is 6.27. The first-order valence-corrected chi connectivity index (χ1v) is 7.71. The Morgan fingerprint density at radius 1 is 1.33 bits per heavy atom. The second kappa shape index (κ2) is 5.03. The van der Waals surface area contributed by atoms with Crippen LogP contribution in [0.1, 0.15) is 18.9 Å². The molecular weight excluding hydrogens is 304 g/mol. The van der Waals surface area contributed by atoms with Crippen molar-refractivity contribution in [1.82, 2.24) is 4.31 Å². The first-order chi connectivity index (χ1) is 9.58. The van der Waals surface area contributed by atoms with Crippen LogP contribution in [0.4, 0.5) is 8.78 Å². The molecule has 21 heavy (non-hydrogen) atoms. The molecule has 1 aliphatic rings. The zero-order valence-corrected chi connectivity index (χ0v) is 12.4. The Morgan fingerprint density at radius 3 is 2.48 bits per heavy atom. The predicted octanol–water partition coefficient (Wildman–Crippen LogP) is 1.76. The van der Waals surface area contributed by atoms with Crippen LogP contribution in [0.25, 0.3) is 0 Å². The molecule has 1 aromatic carbocycles. The van der Waals surface area contributed by atoms with Crippen LogP contribution in [0.2, 0.25) is 0 Å². The molecule has 1 fully saturated rings. The molecule has 1 aromatic rings. The SMILES string of the molecule is Cc1cc(F)c(S(=O)(=O)N2CCC(C)(C(=O)O)C2)cc1F. The number of aliphatic carboxylic acids is 1. The topological polar surface area (TPSA) is 74.7 Å². The molecule has 1 saturated heterocycles. The normalized spacial score (nSPS) is 23.4. The molecule has 0 aliphatic carbocycles. The molecule has 0 radical (unpaired) electrons. The van der Waals surface area contributed by atoms with Crippen molar-refractivity contribution >= 4 is 16.0 Å². The second-order valence-corrected chi connectivity index (χ2v) is 7.39. The van der Waals surface area contributed by atoms with Crippen LogP contribution in [0.15, 0.2) is 17.0 Å². The van der Waals surface area contributed by atoms with Crippen molar-refractivity contribution in [1.29, 1.82) is 0 Å². The predicted molar refractivity (Wildman–Crippen MR) is 70.2 cm³/mol. The number of benzene rings is 1. The number of carboxylic acids is 1. The van der Waals surface area contributed by atoms with Gasteiger partial charge in [0.25, 0.3) is 0 Å². The number of hydrogen-bond donors (Lipinski definition) is 1. The molecule has 2 rings (SSSR count). The summed E-state index contributed by atoms with van der Waals surface area (Å²) in [6.07, 6.45) is 0.123. The maximum atomic E-state index is 13.8. The summed E-state index contributed by atoms with van der Waals surface area (Å²) >= 11 is 0. The number of nitrogens with zero attached hydrogens (tertiary/aromatic N) is 1. The molecule has 0 amide bonds. The van der Waals surface area contributed by atoms with Gasteiger partial charge in [-0.25, -0.2) is 17.2 Å². The third kappa shape index (κ3) is 2.65. The van der Waals surface area contributed by atoms with E-state index < -0.39 is 37.9 Å². The maximum absolute atomic E-state index is 13.8. The van der Waals surface area contributed by atoms with Gasteiger partial charge in [0.05, 0.1) is 5.41 Å². The molecule has 0 spiro atoms. The summed E-state index contributed by atoms with van der Waals surface area (Å²) in [5, 5.41) is 9.11. The minimum absolute atomic E-state index is 0.00301. The zero-order valence-electron chi connectivity index (χ0n) is 11.6. The highest BCUT2D eigenvalue weighted by molar-refractivity contribution is 7.89. The highest BCUT2D eigenvalue weighted by Crippen LogP contribution is 2.34. The largest absolute Gasteiger partial charge is 0.481 e. The van der Waals surface area contributed by atoms with Crippen LogP contribution >= 0.6 is 0 Å². The van der Waals surface area contributed by atoms with E-state index in [-0.39, 0.29) is 25.1 Å². The number of carboxylic acid groups (broad SMARTS) is 1. The van der Waals surface area contributed by atoms with Gasteiger partial charge in [0.2, 0.25) is 10.0 Å². The van der Waals surface area contributed by atoms with Crippen LogP contribution in [0.5, 0.6) is 0 Å². The van der Waals surface area contributed by atoms with E-state index in [0.717, 1.165) is 10.4 Å². The van der Waals surface area contributed by atoms with Crippen LogP contribution < -0.4 is 0 Å². The van der Waals surface area contributed by atoms with E-state index in [4.69, 9.17) is 5.11 Å². The fourth-order valence-corrected chi connectivity index (χ4v) is 3.89. The van der Waals surface area contributed by atoms with Gasteiger partial charge in [0.15, 0.2) is 0 Å². The van der Waals surface area contributed by atoms with Gasteiger partial charge in [-0.15, -0.1) is 0 Å². The molecule has 1 atom stereocenters. The minimum atomic E-state index is -4.26. The fraction of sp³-hybridized carbons (Fsp3) is 0.462. The van der Waals surface area contributed by atoms with Crippen molar-refractivity contribution in [3.05, 3.63) is 29.3 Å². The molecule has 1 unspecified atom stereocenters. The van der Waals surface area contributed by atoms with E-state index in [9.17, 15) is 22.0 Å². The standard InChI is InChI=1S/C13H15F2NO4S/c1-8-5-10(15)11(6-9(8)14)21(19,20)16-4-3-13(2,7-16)12(17)18/h5-6H,3-4,7H2,1-2H3,(H,17,18). The first kappa shape index (κ1) is 15.8. The van der Waals surface area contributed by atoms with Crippen LogP contribution in [0, 0.1) is 24.0 Å². The van der Waals surface area contributed by atoms with Gasteiger partial charge in [-0.3, -0.25) is 4.79 Å². The number of rotatable bonds is 3. The Morgan fingerprint density at radius 2 is 1.95 bits per heavy atom. The van der Waals surface area contributed by atoms with Crippen molar-refractivity contribution in [3.8, 4) is 0 Å². The average Bonchev–Trinajstić information content (AvgIpc) is 2.78. The Hall–Kier alpha value is -1.54. The highest BCUT2D eigenvalue weighted by Gasteiger charge is 2.45.